The number of nitrogens with two attached hydrogens (primary N) is 1. The van der Waals surface area contributed by atoms with Gasteiger partial charge >= 0.3 is 0 Å². The molecule has 2 aliphatic carbocycles. The van der Waals surface area contributed by atoms with Crippen molar-refractivity contribution in [3.05, 3.63) is 35.4 Å². The van der Waals surface area contributed by atoms with Crippen LogP contribution in [0, 0.1) is 12.8 Å². The minimum atomic E-state index is -0.477. The highest BCUT2D eigenvalue weighted by Crippen LogP contribution is 2.43. The van der Waals surface area contributed by atoms with Crippen LogP contribution in [0.4, 0.5) is 0 Å². The van der Waals surface area contributed by atoms with E-state index in [-0.39, 0.29) is 5.91 Å². The zero-order chi connectivity index (χ0) is 14.9. The van der Waals surface area contributed by atoms with Crippen LogP contribution in [0.3, 0.4) is 0 Å². The summed E-state index contributed by atoms with van der Waals surface area (Å²) in [5.74, 6) is 2.02. The molecule has 2 aliphatic rings. The Balaban J connectivity index is 1.62. The highest BCUT2D eigenvalue weighted by Gasteiger charge is 2.51. The molecule has 1 unspecified atom stereocenters. The maximum absolute atomic E-state index is 12.1. The van der Waals surface area contributed by atoms with Gasteiger partial charge in [0.1, 0.15) is 5.54 Å². The van der Waals surface area contributed by atoms with Crippen molar-refractivity contribution in [3.8, 4) is 0 Å². The molecular weight excluding hydrogens is 280 g/mol. The van der Waals surface area contributed by atoms with E-state index in [4.69, 9.17) is 5.73 Å². The van der Waals surface area contributed by atoms with Crippen LogP contribution in [0.25, 0.3) is 0 Å². The van der Waals surface area contributed by atoms with E-state index in [0.717, 1.165) is 24.3 Å². The smallest absolute Gasteiger partial charge is 0.238 e. The number of hydrogen-bond donors (Lipinski definition) is 2. The molecule has 0 heterocycles. The maximum Gasteiger partial charge on any atom is 0.238 e. The molecule has 1 aromatic rings. The Bertz CT molecular complexity index is 525. The van der Waals surface area contributed by atoms with Gasteiger partial charge in [-0.15, -0.1) is 0 Å². The fraction of sp³-hybridized carbons (Fsp3) is 0.588. The second kappa shape index (κ2) is 6.01. The predicted octanol–water partition coefficient (Wildman–Crippen LogP) is 2.61. The monoisotopic (exact) mass is 304 g/mol. The zero-order valence-electron chi connectivity index (χ0n) is 12.6. The Morgan fingerprint density at radius 3 is 2.71 bits per heavy atom. The summed E-state index contributed by atoms with van der Waals surface area (Å²) < 4.78 is 0. The molecule has 4 heteroatoms. The van der Waals surface area contributed by atoms with Crippen LogP contribution >= 0.6 is 11.8 Å². The van der Waals surface area contributed by atoms with Crippen LogP contribution in [0.15, 0.2) is 24.3 Å². The van der Waals surface area contributed by atoms with Gasteiger partial charge in [0.25, 0.3) is 0 Å². The van der Waals surface area contributed by atoms with E-state index in [2.05, 4.69) is 36.5 Å². The summed E-state index contributed by atoms with van der Waals surface area (Å²) in [7, 11) is 0. The van der Waals surface area contributed by atoms with Crippen molar-refractivity contribution in [3.63, 3.8) is 0 Å². The van der Waals surface area contributed by atoms with Crippen molar-refractivity contribution in [1.29, 1.82) is 0 Å². The lowest BCUT2D eigenvalue weighted by atomic mass is 9.94. The average molecular weight is 304 g/mol. The third-order valence-corrected chi connectivity index (χ3v) is 5.63. The van der Waals surface area contributed by atoms with Gasteiger partial charge in [-0.2, -0.15) is 11.8 Å². The number of carbonyl (C=O) groups is 1. The highest BCUT2D eigenvalue weighted by atomic mass is 32.2. The minimum Gasteiger partial charge on any atom is -0.368 e. The predicted molar refractivity (Wildman–Crippen MR) is 88.1 cm³/mol. The molecule has 0 aromatic heterocycles. The molecule has 21 heavy (non-hydrogen) atoms. The lowest BCUT2D eigenvalue weighted by Crippen LogP contribution is -2.60. The zero-order valence-corrected chi connectivity index (χ0v) is 13.4. The molecule has 0 bridgehead atoms. The van der Waals surface area contributed by atoms with Gasteiger partial charge in [-0.1, -0.05) is 29.8 Å². The van der Waals surface area contributed by atoms with Crippen molar-refractivity contribution in [1.82, 2.24) is 5.32 Å². The number of primary amides is 1. The summed E-state index contributed by atoms with van der Waals surface area (Å²) in [5.41, 5.74) is 7.91. The Morgan fingerprint density at radius 1 is 1.38 bits per heavy atom. The molecule has 3 N–H and O–H groups in total. The van der Waals surface area contributed by atoms with Gasteiger partial charge in [-0.3, -0.25) is 10.1 Å². The molecule has 1 amide bonds. The second-order valence-electron chi connectivity index (χ2n) is 6.51. The van der Waals surface area contributed by atoms with E-state index in [0.29, 0.717) is 12.0 Å². The van der Waals surface area contributed by atoms with Crippen LogP contribution in [0.1, 0.15) is 36.8 Å². The number of benzene rings is 1. The lowest BCUT2D eigenvalue weighted by molar-refractivity contribution is -0.124. The molecule has 1 atom stereocenters. The van der Waals surface area contributed by atoms with Gasteiger partial charge in [0.15, 0.2) is 0 Å². The van der Waals surface area contributed by atoms with Gasteiger partial charge in [-0.05, 0) is 44.1 Å². The first-order valence-corrected chi connectivity index (χ1v) is 8.96. The summed E-state index contributed by atoms with van der Waals surface area (Å²) in [6.07, 6.45) is 4.63. The van der Waals surface area contributed by atoms with Crippen LogP contribution in [0.5, 0.6) is 0 Å². The Hall–Kier alpha value is -1.00. The molecule has 0 saturated heterocycles. The average Bonchev–Trinajstić information content (AvgIpc) is 3.31. The number of carbonyl (C=O) groups excluding carboxylic acids is 1. The number of aryl methyl sites for hydroxylation is 1. The molecule has 3 nitrogen and oxygen atoms in total. The molecule has 3 rings (SSSR count). The van der Waals surface area contributed by atoms with Crippen LogP contribution < -0.4 is 11.1 Å². The van der Waals surface area contributed by atoms with Crippen LogP contribution in [-0.4, -0.2) is 23.2 Å². The number of amides is 1. The number of thioether (sulfide) groups is 1. The first-order valence-electron chi connectivity index (χ1n) is 7.81. The SMILES string of the molecule is Cc1cccc(CSCC(NC2CC2)(C(N)=O)C2CC2)c1. The van der Waals surface area contributed by atoms with E-state index in [9.17, 15) is 4.79 Å². The molecule has 1 aromatic carbocycles. The number of nitrogens with one attached hydrogen (secondary N) is 1. The summed E-state index contributed by atoms with van der Waals surface area (Å²) in [5, 5.41) is 3.57. The van der Waals surface area contributed by atoms with Gasteiger partial charge in [-0.25, -0.2) is 0 Å². The van der Waals surface area contributed by atoms with Gasteiger partial charge in [0, 0.05) is 17.5 Å². The van der Waals surface area contributed by atoms with Crippen molar-refractivity contribution in [2.24, 2.45) is 11.7 Å². The van der Waals surface area contributed by atoms with Crippen molar-refractivity contribution < 1.29 is 4.79 Å². The summed E-state index contributed by atoms with van der Waals surface area (Å²) in [4.78, 5) is 12.1. The fourth-order valence-corrected chi connectivity index (χ4v) is 4.22. The summed E-state index contributed by atoms with van der Waals surface area (Å²) >= 11 is 1.83. The summed E-state index contributed by atoms with van der Waals surface area (Å²) in [6.45, 7) is 2.11. The van der Waals surface area contributed by atoms with Crippen molar-refractivity contribution in [2.75, 3.05) is 5.75 Å². The van der Waals surface area contributed by atoms with Gasteiger partial charge < -0.3 is 5.73 Å². The molecular formula is C17H24N2OS. The lowest BCUT2D eigenvalue weighted by Gasteiger charge is -2.32. The van der Waals surface area contributed by atoms with E-state index < -0.39 is 5.54 Å². The Morgan fingerprint density at radius 2 is 2.14 bits per heavy atom. The third-order valence-electron chi connectivity index (χ3n) is 4.43. The minimum absolute atomic E-state index is 0.159. The third kappa shape index (κ3) is 3.61. The number of rotatable bonds is 8. The Labute approximate surface area is 131 Å². The molecule has 0 radical (unpaired) electrons. The fourth-order valence-electron chi connectivity index (χ4n) is 2.92. The van der Waals surface area contributed by atoms with Crippen molar-refractivity contribution >= 4 is 17.7 Å². The Kier molecular flexibility index (Phi) is 4.27. The highest BCUT2D eigenvalue weighted by molar-refractivity contribution is 7.98. The normalized spacial score (nSPS) is 21.0. The molecule has 114 valence electrons. The van der Waals surface area contributed by atoms with Crippen LogP contribution in [-0.2, 0) is 10.5 Å². The summed E-state index contributed by atoms with van der Waals surface area (Å²) in [6, 6.07) is 9.08. The maximum atomic E-state index is 12.1. The topological polar surface area (TPSA) is 55.1 Å². The van der Waals surface area contributed by atoms with Gasteiger partial charge in [0.05, 0.1) is 0 Å². The molecule has 2 fully saturated rings. The van der Waals surface area contributed by atoms with E-state index in [1.807, 2.05) is 11.8 Å². The second-order valence-corrected chi connectivity index (χ2v) is 7.50. The van der Waals surface area contributed by atoms with E-state index in [1.165, 1.54) is 24.0 Å². The molecule has 2 saturated carbocycles. The quantitative estimate of drug-likeness (QED) is 0.776. The standard InChI is InChI=1S/C17H24N2OS/c1-12-3-2-4-13(9-12)10-21-11-17(16(18)20,14-5-6-14)19-15-7-8-15/h2-4,9,14-15,19H,5-8,10-11H2,1H3,(H2,18,20). The van der Waals surface area contributed by atoms with E-state index >= 15 is 0 Å². The van der Waals surface area contributed by atoms with Crippen LogP contribution in [0.2, 0.25) is 0 Å². The largest absolute Gasteiger partial charge is 0.368 e. The molecule has 0 spiro atoms. The number of hydrogen-bond acceptors (Lipinski definition) is 3. The van der Waals surface area contributed by atoms with Gasteiger partial charge in [0.2, 0.25) is 5.91 Å². The first kappa shape index (κ1) is 14.9. The van der Waals surface area contributed by atoms with E-state index in [1.54, 1.807) is 0 Å². The first-order chi connectivity index (χ1) is 10.1. The molecule has 0 aliphatic heterocycles. The van der Waals surface area contributed by atoms with Crippen molar-refractivity contribution in [2.45, 2.75) is 49.9 Å².